The molecule has 0 radical (unpaired) electrons. The van der Waals surface area contributed by atoms with Gasteiger partial charge in [-0.1, -0.05) is 18.6 Å². The van der Waals surface area contributed by atoms with Crippen LogP contribution in [0.1, 0.15) is 37.7 Å². The molecule has 0 spiro atoms. The van der Waals surface area contributed by atoms with Crippen molar-refractivity contribution >= 4 is 17.8 Å². The molecule has 2 heterocycles. The van der Waals surface area contributed by atoms with Crippen molar-refractivity contribution in [3.63, 3.8) is 0 Å². The second-order valence-electron chi connectivity index (χ2n) is 7.04. The Labute approximate surface area is 159 Å². The molecular formula is C20H27N3O4. The third kappa shape index (κ3) is 4.07. The van der Waals surface area contributed by atoms with Gasteiger partial charge in [0.2, 0.25) is 0 Å². The van der Waals surface area contributed by atoms with Crippen molar-refractivity contribution in [2.75, 3.05) is 39.8 Å². The molecule has 27 heavy (non-hydrogen) atoms. The summed E-state index contributed by atoms with van der Waals surface area (Å²) in [4.78, 5) is 41.8. The number of rotatable bonds is 3. The van der Waals surface area contributed by atoms with Gasteiger partial charge in [-0.15, -0.1) is 0 Å². The zero-order valence-corrected chi connectivity index (χ0v) is 16.0. The van der Waals surface area contributed by atoms with Crippen LogP contribution in [-0.2, 0) is 9.59 Å². The lowest BCUT2D eigenvalue weighted by Gasteiger charge is -2.35. The second-order valence-corrected chi connectivity index (χ2v) is 7.04. The summed E-state index contributed by atoms with van der Waals surface area (Å²) < 4.78 is 5.22. The number of methoxy groups -OCH3 is 1. The van der Waals surface area contributed by atoms with Gasteiger partial charge in [0.15, 0.2) is 0 Å². The largest absolute Gasteiger partial charge is 0.497 e. The third-order valence-electron chi connectivity index (χ3n) is 5.45. The topological polar surface area (TPSA) is 70.2 Å². The SMILES string of the molecule is CCN1CCN(C(=O)N2CCCC[C@H](c3ccc(OC)cc3)C2)C(=O)C1=O. The second kappa shape index (κ2) is 8.41. The first-order chi connectivity index (χ1) is 13.0. The number of ether oxygens (including phenoxy) is 1. The molecule has 146 valence electrons. The zero-order valence-electron chi connectivity index (χ0n) is 16.0. The van der Waals surface area contributed by atoms with Crippen molar-refractivity contribution in [1.82, 2.24) is 14.7 Å². The smallest absolute Gasteiger partial charge is 0.327 e. The highest BCUT2D eigenvalue weighted by molar-refractivity contribution is 6.38. The first kappa shape index (κ1) is 19.2. The van der Waals surface area contributed by atoms with Gasteiger partial charge in [-0.25, -0.2) is 4.79 Å². The maximum absolute atomic E-state index is 13.0. The van der Waals surface area contributed by atoms with Crippen molar-refractivity contribution in [2.45, 2.75) is 32.1 Å². The van der Waals surface area contributed by atoms with Gasteiger partial charge in [0.25, 0.3) is 0 Å². The number of likely N-dealkylation sites (N-methyl/N-ethyl adjacent to an activating group) is 1. The van der Waals surface area contributed by atoms with Crippen molar-refractivity contribution in [1.29, 1.82) is 0 Å². The van der Waals surface area contributed by atoms with Crippen molar-refractivity contribution < 1.29 is 19.1 Å². The van der Waals surface area contributed by atoms with Crippen LogP contribution in [0.2, 0.25) is 0 Å². The minimum atomic E-state index is -0.710. The summed E-state index contributed by atoms with van der Waals surface area (Å²) in [5.74, 6) is -0.278. The van der Waals surface area contributed by atoms with Crippen LogP contribution in [0.4, 0.5) is 4.79 Å². The number of carbonyl (C=O) groups is 3. The summed E-state index contributed by atoms with van der Waals surface area (Å²) in [5.41, 5.74) is 1.16. The van der Waals surface area contributed by atoms with Gasteiger partial charge < -0.3 is 14.5 Å². The molecule has 0 saturated carbocycles. The van der Waals surface area contributed by atoms with Gasteiger partial charge in [-0.3, -0.25) is 14.5 Å². The summed E-state index contributed by atoms with van der Waals surface area (Å²) in [6, 6.07) is 7.58. The highest BCUT2D eigenvalue weighted by Gasteiger charge is 2.38. The highest BCUT2D eigenvalue weighted by atomic mass is 16.5. The van der Waals surface area contributed by atoms with E-state index in [0.29, 0.717) is 26.2 Å². The third-order valence-corrected chi connectivity index (χ3v) is 5.45. The molecule has 0 aromatic heterocycles. The number of amides is 4. The van der Waals surface area contributed by atoms with Crippen molar-refractivity contribution in [3.05, 3.63) is 29.8 Å². The first-order valence-corrected chi connectivity index (χ1v) is 9.58. The summed E-state index contributed by atoms with van der Waals surface area (Å²) >= 11 is 0. The molecular weight excluding hydrogens is 346 g/mol. The van der Waals surface area contributed by atoms with E-state index in [4.69, 9.17) is 4.74 Å². The van der Waals surface area contributed by atoms with E-state index in [1.54, 1.807) is 12.0 Å². The maximum Gasteiger partial charge on any atom is 0.327 e. The predicted octanol–water partition coefficient (Wildman–Crippen LogP) is 2.08. The molecule has 3 rings (SSSR count). The predicted molar refractivity (Wildman–Crippen MR) is 101 cm³/mol. The number of benzene rings is 1. The number of likely N-dealkylation sites (tertiary alicyclic amines) is 1. The van der Waals surface area contributed by atoms with Crippen LogP contribution in [0.25, 0.3) is 0 Å². The summed E-state index contributed by atoms with van der Waals surface area (Å²) in [7, 11) is 1.64. The number of imide groups is 1. The molecule has 0 bridgehead atoms. The van der Waals surface area contributed by atoms with Crippen LogP contribution in [0.15, 0.2) is 24.3 Å². The molecule has 2 aliphatic rings. The first-order valence-electron chi connectivity index (χ1n) is 9.58. The Morgan fingerprint density at radius 1 is 1.07 bits per heavy atom. The maximum atomic E-state index is 13.0. The standard InChI is InChI=1S/C20H27N3O4/c1-3-21-12-13-23(19(25)18(21)24)20(26)22-11-5-4-6-16(14-22)15-7-9-17(27-2)10-8-15/h7-10,16H,3-6,11-14H2,1-2H3/t16-/m0/s1. The molecule has 2 aliphatic heterocycles. The summed E-state index contributed by atoms with van der Waals surface area (Å²) in [6.45, 7) is 4.15. The van der Waals surface area contributed by atoms with Gasteiger partial charge in [-0.05, 0) is 37.5 Å². The molecule has 1 aromatic rings. The quantitative estimate of drug-likeness (QED) is 0.761. The minimum absolute atomic E-state index is 0.213. The fourth-order valence-electron chi connectivity index (χ4n) is 3.79. The van der Waals surface area contributed by atoms with Crippen molar-refractivity contribution in [3.8, 4) is 5.75 Å². The van der Waals surface area contributed by atoms with Gasteiger partial charge >= 0.3 is 17.8 Å². The zero-order chi connectivity index (χ0) is 19.4. The molecule has 1 aromatic carbocycles. The Balaban J connectivity index is 1.72. The Morgan fingerprint density at radius 3 is 2.48 bits per heavy atom. The lowest BCUT2D eigenvalue weighted by Crippen LogP contribution is -2.59. The highest BCUT2D eigenvalue weighted by Crippen LogP contribution is 2.28. The molecule has 0 N–H and O–H groups in total. The van der Waals surface area contributed by atoms with E-state index < -0.39 is 11.8 Å². The average Bonchev–Trinajstić information content (AvgIpc) is 2.96. The normalized spacial score (nSPS) is 21.3. The summed E-state index contributed by atoms with van der Waals surface area (Å²) in [6.07, 6.45) is 2.92. The fraction of sp³-hybridized carbons (Fsp3) is 0.550. The molecule has 7 nitrogen and oxygen atoms in total. The van der Waals surface area contributed by atoms with Crippen LogP contribution in [0, 0.1) is 0 Å². The number of carbonyl (C=O) groups excluding carboxylic acids is 3. The number of hydrogen-bond donors (Lipinski definition) is 0. The van der Waals surface area contributed by atoms with E-state index >= 15 is 0 Å². The van der Waals surface area contributed by atoms with Crippen LogP contribution < -0.4 is 4.74 Å². The average molecular weight is 373 g/mol. The van der Waals surface area contributed by atoms with E-state index in [2.05, 4.69) is 0 Å². The van der Waals surface area contributed by atoms with E-state index in [1.165, 1.54) is 4.90 Å². The van der Waals surface area contributed by atoms with E-state index in [0.717, 1.165) is 35.5 Å². The van der Waals surface area contributed by atoms with Gasteiger partial charge in [0.1, 0.15) is 5.75 Å². The molecule has 1 atom stereocenters. The monoisotopic (exact) mass is 373 g/mol. The molecule has 2 saturated heterocycles. The fourth-order valence-corrected chi connectivity index (χ4v) is 3.79. The number of nitrogens with zero attached hydrogens (tertiary/aromatic N) is 3. The van der Waals surface area contributed by atoms with Crippen molar-refractivity contribution in [2.24, 2.45) is 0 Å². The Bertz CT molecular complexity index is 704. The Morgan fingerprint density at radius 2 is 1.81 bits per heavy atom. The Kier molecular flexibility index (Phi) is 5.98. The van der Waals surface area contributed by atoms with E-state index in [9.17, 15) is 14.4 Å². The van der Waals surface area contributed by atoms with Crippen LogP contribution in [-0.4, -0.2) is 72.4 Å². The van der Waals surface area contributed by atoms with E-state index in [1.807, 2.05) is 31.2 Å². The molecule has 7 heteroatoms. The minimum Gasteiger partial charge on any atom is -0.497 e. The molecule has 2 fully saturated rings. The number of hydrogen-bond acceptors (Lipinski definition) is 4. The number of urea groups is 1. The van der Waals surface area contributed by atoms with Gasteiger partial charge in [-0.2, -0.15) is 0 Å². The van der Waals surface area contributed by atoms with Crippen LogP contribution >= 0.6 is 0 Å². The molecule has 0 unspecified atom stereocenters. The van der Waals surface area contributed by atoms with Crippen LogP contribution in [0.3, 0.4) is 0 Å². The Hall–Kier alpha value is -2.57. The van der Waals surface area contributed by atoms with Crippen LogP contribution in [0.5, 0.6) is 5.75 Å². The molecule has 4 amide bonds. The van der Waals surface area contributed by atoms with Gasteiger partial charge in [0, 0.05) is 38.6 Å². The van der Waals surface area contributed by atoms with E-state index in [-0.39, 0.29) is 18.5 Å². The summed E-state index contributed by atoms with van der Waals surface area (Å²) in [5, 5.41) is 0. The number of piperazine rings is 1. The lowest BCUT2D eigenvalue weighted by atomic mass is 9.94. The van der Waals surface area contributed by atoms with Gasteiger partial charge in [0.05, 0.1) is 7.11 Å². The molecule has 0 aliphatic carbocycles. The lowest BCUT2D eigenvalue weighted by molar-refractivity contribution is -0.153.